The van der Waals surface area contributed by atoms with Gasteiger partial charge in [-0.05, 0) is 49.4 Å². The molecule has 164 valence electrons. The highest BCUT2D eigenvalue weighted by molar-refractivity contribution is 6.02. The van der Waals surface area contributed by atoms with E-state index in [0.717, 1.165) is 12.1 Å². The molecule has 0 radical (unpaired) electrons. The molecule has 0 aliphatic carbocycles. The summed E-state index contributed by atoms with van der Waals surface area (Å²) in [6.45, 7) is 3.16. The second-order valence-corrected chi connectivity index (χ2v) is 7.76. The Kier molecular flexibility index (Phi) is 5.15. The number of nitrogens with zero attached hydrogens (tertiary/aromatic N) is 2. The Bertz CT molecular complexity index is 1010. The number of fused-ring (bicyclic) bond motifs is 1. The van der Waals surface area contributed by atoms with E-state index in [1.807, 2.05) is 11.8 Å². The van der Waals surface area contributed by atoms with Crippen molar-refractivity contribution >= 4 is 17.5 Å². The maximum absolute atomic E-state index is 13.6. The summed E-state index contributed by atoms with van der Waals surface area (Å²) >= 11 is 0. The Labute approximate surface area is 176 Å². The standard InChI is InChI=1S/C22H21F4N3O2/c1-2-29-18-8-7-16(23)13-17(18)19(30)27-21(29)9-11-28(12-10-21)20(31)14-3-5-15(6-4-14)22(24,25)26/h3-8,13H,2,9-12H2,1H3,(H,27,30). The number of rotatable bonds is 2. The fraction of sp³-hybridized carbons (Fsp3) is 0.364. The van der Waals surface area contributed by atoms with Gasteiger partial charge in [0, 0.05) is 38.0 Å². The third-order valence-corrected chi connectivity index (χ3v) is 6.01. The van der Waals surface area contributed by atoms with Gasteiger partial charge < -0.3 is 15.1 Å². The number of likely N-dealkylation sites (tertiary alicyclic amines) is 1. The van der Waals surface area contributed by atoms with E-state index in [-0.39, 0.29) is 22.9 Å². The van der Waals surface area contributed by atoms with Crippen LogP contribution in [-0.2, 0) is 6.18 Å². The quantitative estimate of drug-likeness (QED) is 0.725. The van der Waals surface area contributed by atoms with Gasteiger partial charge >= 0.3 is 6.18 Å². The molecule has 2 heterocycles. The summed E-state index contributed by atoms with van der Waals surface area (Å²) in [6, 6.07) is 8.28. The number of hydrogen-bond acceptors (Lipinski definition) is 3. The van der Waals surface area contributed by atoms with E-state index in [1.165, 1.54) is 24.3 Å². The van der Waals surface area contributed by atoms with E-state index in [0.29, 0.717) is 38.2 Å². The molecule has 0 bridgehead atoms. The van der Waals surface area contributed by atoms with Crippen LogP contribution in [0.3, 0.4) is 0 Å². The summed E-state index contributed by atoms with van der Waals surface area (Å²) in [7, 11) is 0. The number of benzene rings is 2. The number of carbonyl (C=O) groups is 2. The molecule has 2 aliphatic heterocycles. The van der Waals surface area contributed by atoms with Crippen LogP contribution in [0.15, 0.2) is 42.5 Å². The van der Waals surface area contributed by atoms with Crippen LogP contribution in [0.5, 0.6) is 0 Å². The lowest BCUT2D eigenvalue weighted by Crippen LogP contribution is -2.68. The smallest absolute Gasteiger partial charge is 0.348 e. The van der Waals surface area contributed by atoms with E-state index in [2.05, 4.69) is 5.32 Å². The highest BCUT2D eigenvalue weighted by Crippen LogP contribution is 2.38. The van der Waals surface area contributed by atoms with Gasteiger partial charge in [0.05, 0.1) is 16.8 Å². The fourth-order valence-electron chi connectivity index (χ4n) is 4.43. The SMILES string of the molecule is CCN1c2ccc(F)cc2C(=O)NC12CCN(C(=O)c1ccc(C(F)(F)F)cc1)CC2. The third kappa shape index (κ3) is 3.73. The summed E-state index contributed by atoms with van der Waals surface area (Å²) < 4.78 is 51.9. The molecule has 0 saturated carbocycles. The molecule has 2 amide bonds. The summed E-state index contributed by atoms with van der Waals surface area (Å²) in [5, 5.41) is 3.00. The van der Waals surface area contributed by atoms with Crippen LogP contribution in [-0.4, -0.2) is 42.0 Å². The van der Waals surface area contributed by atoms with Gasteiger partial charge in [0.25, 0.3) is 11.8 Å². The van der Waals surface area contributed by atoms with Gasteiger partial charge in [0.2, 0.25) is 0 Å². The zero-order valence-corrected chi connectivity index (χ0v) is 16.8. The first-order chi connectivity index (χ1) is 14.6. The Hall–Kier alpha value is -3.10. The Morgan fingerprint density at radius 2 is 1.74 bits per heavy atom. The van der Waals surface area contributed by atoms with E-state index < -0.39 is 23.2 Å². The minimum Gasteiger partial charge on any atom is -0.348 e. The van der Waals surface area contributed by atoms with E-state index in [9.17, 15) is 27.2 Å². The Balaban J connectivity index is 1.51. The number of carbonyl (C=O) groups excluding carboxylic acids is 2. The van der Waals surface area contributed by atoms with E-state index in [1.54, 1.807) is 11.0 Å². The molecule has 2 aliphatic rings. The molecule has 1 spiro atoms. The first-order valence-corrected chi connectivity index (χ1v) is 10.0. The van der Waals surface area contributed by atoms with Crippen molar-refractivity contribution in [3.05, 3.63) is 65.0 Å². The summed E-state index contributed by atoms with van der Waals surface area (Å²) in [5.74, 6) is -1.20. The van der Waals surface area contributed by atoms with Crippen molar-refractivity contribution in [2.45, 2.75) is 31.6 Å². The van der Waals surface area contributed by atoms with Crippen LogP contribution in [0.1, 0.15) is 46.0 Å². The molecule has 5 nitrogen and oxygen atoms in total. The van der Waals surface area contributed by atoms with Crippen molar-refractivity contribution in [2.24, 2.45) is 0 Å². The van der Waals surface area contributed by atoms with Gasteiger partial charge in [-0.15, -0.1) is 0 Å². The largest absolute Gasteiger partial charge is 0.416 e. The molecular formula is C22H21F4N3O2. The molecule has 4 rings (SSSR count). The van der Waals surface area contributed by atoms with Gasteiger partial charge in [0.15, 0.2) is 0 Å². The third-order valence-electron chi connectivity index (χ3n) is 6.01. The monoisotopic (exact) mass is 435 g/mol. The van der Waals surface area contributed by atoms with Gasteiger partial charge in [-0.2, -0.15) is 13.2 Å². The molecule has 9 heteroatoms. The van der Waals surface area contributed by atoms with E-state index >= 15 is 0 Å². The summed E-state index contributed by atoms with van der Waals surface area (Å²) in [6.07, 6.45) is -3.58. The molecule has 2 aromatic rings. The lowest BCUT2D eigenvalue weighted by atomic mass is 9.89. The molecule has 0 unspecified atom stereocenters. The first-order valence-electron chi connectivity index (χ1n) is 10.0. The van der Waals surface area contributed by atoms with Crippen LogP contribution in [0, 0.1) is 5.82 Å². The number of hydrogen-bond donors (Lipinski definition) is 1. The van der Waals surface area contributed by atoms with Gasteiger partial charge in [-0.3, -0.25) is 9.59 Å². The number of anilines is 1. The lowest BCUT2D eigenvalue weighted by molar-refractivity contribution is -0.137. The van der Waals surface area contributed by atoms with Crippen LogP contribution in [0.2, 0.25) is 0 Å². The number of amides is 2. The van der Waals surface area contributed by atoms with Crippen molar-refractivity contribution in [2.75, 3.05) is 24.5 Å². The topological polar surface area (TPSA) is 52.7 Å². The van der Waals surface area contributed by atoms with Crippen LogP contribution >= 0.6 is 0 Å². The van der Waals surface area contributed by atoms with Crippen LogP contribution in [0.25, 0.3) is 0 Å². The lowest BCUT2D eigenvalue weighted by Gasteiger charge is -2.52. The predicted molar refractivity (Wildman–Crippen MR) is 106 cm³/mol. The first kappa shape index (κ1) is 21.1. The summed E-state index contributed by atoms with van der Waals surface area (Å²) in [4.78, 5) is 29.0. The molecule has 1 fully saturated rings. The van der Waals surface area contributed by atoms with E-state index in [4.69, 9.17) is 0 Å². The van der Waals surface area contributed by atoms with Gasteiger partial charge in [-0.1, -0.05) is 0 Å². The molecule has 0 aromatic heterocycles. The average molecular weight is 435 g/mol. The van der Waals surface area contributed by atoms with Gasteiger partial charge in [-0.25, -0.2) is 4.39 Å². The minimum absolute atomic E-state index is 0.185. The molecule has 2 aromatic carbocycles. The van der Waals surface area contributed by atoms with Crippen molar-refractivity contribution < 1.29 is 27.2 Å². The minimum atomic E-state index is -4.46. The zero-order valence-electron chi connectivity index (χ0n) is 16.8. The molecular weight excluding hydrogens is 414 g/mol. The van der Waals surface area contributed by atoms with Crippen molar-refractivity contribution in [1.29, 1.82) is 0 Å². The normalized spacial score (nSPS) is 18.0. The Morgan fingerprint density at radius 3 is 2.32 bits per heavy atom. The number of piperidine rings is 1. The van der Waals surface area contributed by atoms with Crippen LogP contribution < -0.4 is 10.2 Å². The van der Waals surface area contributed by atoms with Crippen molar-refractivity contribution in [3.8, 4) is 0 Å². The molecule has 31 heavy (non-hydrogen) atoms. The van der Waals surface area contributed by atoms with Crippen molar-refractivity contribution in [3.63, 3.8) is 0 Å². The number of halogens is 4. The second-order valence-electron chi connectivity index (χ2n) is 7.76. The number of nitrogens with one attached hydrogen (secondary N) is 1. The summed E-state index contributed by atoms with van der Waals surface area (Å²) in [5.41, 5.74) is -0.399. The average Bonchev–Trinajstić information content (AvgIpc) is 2.74. The fourth-order valence-corrected chi connectivity index (χ4v) is 4.43. The maximum atomic E-state index is 13.6. The van der Waals surface area contributed by atoms with Crippen LogP contribution in [0.4, 0.5) is 23.2 Å². The predicted octanol–water partition coefficient (Wildman–Crippen LogP) is 4.05. The molecule has 0 atom stereocenters. The van der Waals surface area contributed by atoms with Crippen molar-refractivity contribution in [1.82, 2.24) is 10.2 Å². The Morgan fingerprint density at radius 1 is 1.10 bits per heavy atom. The molecule has 1 N–H and O–H groups in total. The van der Waals surface area contributed by atoms with Gasteiger partial charge in [0.1, 0.15) is 11.5 Å². The highest BCUT2D eigenvalue weighted by atomic mass is 19.4. The second kappa shape index (κ2) is 7.55. The number of alkyl halides is 3. The zero-order chi connectivity index (χ0) is 22.4. The molecule has 1 saturated heterocycles. The highest BCUT2D eigenvalue weighted by Gasteiger charge is 2.46. The maximum Gasteiger partial charge on any atom is 0.416 e.